The molecule has 1 aliphatic rings. The van der Waals surface area contributed by atoms with Crippen molar-refractivity contribution >= 4 is 0 Å². The molecular formula is C14H29NO2. The molecule has 0 amide bonds. The van der Waals surface area contributed by atoms with Gasteiger partial charge in [0.05, 0.1) is 18.8 Å². The molecule has 0 spiro atoms. The standard InChI is InChI=1S/C14H29NO2/c1-3-5-6-12(4-2)9-17-11-14(15,10-16)13-7-8-13/h12-13,16H,3-11,15H2,1-2H3. The van der Waals surface area contributed by atoms with Crippen molar-refractivity contribution in [1.29, 1.82) is 0 Å². The first-order valence-corrected chi connectivity index (χ1v) is 7.13. The van der Waals surface area contributed by atoms with Gasteiger partial charge >= 0.3 is 0 Å². The topological polar surface area (TPSA) is 55.5 Å². The van der Waals surface area contributed by atoms with Crippen LogP contribution in [-0.2, 0) is 4.74 Å². The molecule has 102 valence electrons. The van der Waals surface area contributed by atoms with E-state index in [4.69, 9.17) is 10.5 Å². The van der Waals surface area contributed by atoms with Crippen LogP contribution in [0.4, 0.5) is 0 Å². The van der Waals surface area contributed by atoms with Gasteiger partial charge in [0.2, 0.25) is 0 Å². The smallest absolute Gasteiger partial charge is 0.0671 e. The van der Waals surface area contributed by atoms with E-state index in [0.29, 0.717) is 18.4 Å². The van der Waals surface area contributed by atoms with Crippen LogP contribution in [0.15, 0.2) is 0 Å². The van der Waals surface area contributed by atoms with E-state index in [1.807, 2.05) is 0 Å². The van der Waals surface area contributed by atoms with Crippen molar-refractivity contribution in [3.63, 3.8) is 0 Å². The Morgan fingerprint density at radius 3 is 2.59 bits per heavy atom. The summed E-state index contributed by atoms with van der Waals surface area (Å²) < 4.78 is 5.76. The first kappa shape index (κ1) is 14.9. The van der Waals surface area contributed by atoms with E-state index in [2.05, 4.69) is 13.8 Å². The number of ether oxygens (including phenoxy) is 1. The summed E-state index contributed by atoms with van der Waals surface area (Å²) in [7, 11) is 0. The molecule has 2 atom stereocenters. The second kappa shape index (κ2) is 7.34. The lowest BCUT2D eigenvalue weighted by Gasteiger charge is -2.28. The minimum Gasteiger partial charge on any atom is -0.394 e. The molecule has 0 radical (unpaired) electrons. The third-order valence-corrected chi connectivity index (χ3v) is 3.95. The summed E-state index contributed by atoms with van der Waals surface area (Å²) in [5, 5.41) is 9.35. The predicted molar refractivity (Wildman–Crippen MR) is 70.9 cm³/mol. The molecule has 0 aliphatic heterocycles. The predicted octanol–water partition coefficient (Wildman–Crippen LogP) is 2.32. The summed E-state index contributed by atoms with van der Waals surface area (Å²) >= 11 is 0. The average molecular weight is 243 g/mol. The number of aliphatic hydroxyl groups is 1. The number of rotatable bonds is 10. The fourth-order valence-electron chi connectivity index (χ4n) is 2.26. The van der Waals surface area contributed by atoms with Gasteiger partial charge in [0.25, 0.3) is 0 Å². The molecule has 0 aromatic rings. The first-order chi connectivity index (χ1) is 8.16. The quantitative estimate of drug-likeness (QED) is 0.619. The maximum absolute atomic E-state index is 9.35. The second-order valence-electron chi connectivity index (χ2n) is 5.60. The highest BCUT2D eigenvalue weighted by Crippen LogP contribution is 2.38. The zero-order valence-electron chi connectivity index (χ0n) is 11.5. The van der Waals surface area contributed by atoms with E-state index in [9.17, 15) is 5.11 Å². The summed E-state index contributed by atoms with van der Waals surface area (Å²) in [5.74, 6) is 1.13. The normalized spacial score (nSPS) is 21.2. The molecule has 0 aromatic carbocycles. The van der Waals surface area contributed by atoms with Crippen LogP contribution in [0.3, 0.4) is 0 Å². The number of unbranched alkanes of at least 4 members (excludes halogenated alkanes) is 1. The second-order valence-corrected chi connectivity index (χ2v) is 5.60. The highest BCUT2D eigenvalue weighted by molar-refractivity contribution is 4.98. The van der Waals surface area contributed by atoms with Crippen LogP contribution in [-0.4, -0.2) is 30.5 Å². The van der Waals surface area contributed by atoms with Gasteiger partial charge in [0.15, 0.2) is 0 Å². The van der Waals surface area contributed by atoms with Crippen LogP contribution in [0.5, 0.6) is 0 Å². The Kier molecular flexibility index (Phi) is 6.45. The zero-order valence-corrected chi connectivity index (χ0v) is 11.5. The maximum atomic E-state index is 9.35. The van der Waals surface area contributed by atoms with Gasteiger partial charge in [0.1, 0.15) is 0 Å². The molecule has 1 aliphatic carbocycles. The van der Waals surface area contributed by atoms with E-state index >= 15 is 0 Å². The first-order valence-electron chi connectivity index (χ1n) is 7.13. The lowest BCUT2D eigenvalue weighted by atomic mass is 9.96. The van der Waals surface area contributed by atoms with Gasteiger partial charge in [-0.2, -0.15) is 0 Å². The lowest BCUT2D eigenvalue weighted by molar-refractivity contribution is 0.0254. The van der Waals surface area contributed by atoms with Crippen LogP contribution in [0.1, 0.15) is 52.4 Å². The summed E-state index contributed by atoms with van der Waals surface area (Å²) in [4.78, 5) is 0. The van der Waals surface area contributed by atoms with E-state index in [1.165, 1.54) is 25.7 Å². The van der Waals surface area contributed by atoms with E-state index in [0.717, 1.165) is 19.4 Å². The summed E-state index contributed by atoms with van der Waals surface area (Å²) in [6.07, 6.45) is 7.22. The van der Waals surface area contributed by atoms with Crippen molar-refractivity contribution < 1.29 is 9.84 Å². The van der Waals surface area contributed by atoms with Crippen molar-refractivity contribution in [2.45, 2.75) is 57.9 Å². The Bertz CT molecular complexity index is 206. The van der Waals surface area contributed by atoms with Gasteiger partial charge in [-0.15, -0.1) is 0 Å². The number of hydrogen-bond acceptors (Lipinski definition) is 3. The highest BCUT2D eigenvalue weighted by Gasteiger charge is 2.42. The van der Waals surface area contributed by atoms with Crippen molar-refractivity contribution in [3.8, 4) is 0 Å². The third-order valence-electron chi connectivity index (χ3n) is 3.95. The van der Waals surface area contributed by atoms with Gasteiger partial charge in [-0.3, -0.25) is 0 Å². The molecule has 3 heteroatoms. The Hall–Kier alpha value is -0.120. The minimum absolute atomic E-state index is 0.0451. The van der Waals surface area contributed by atoms with Crippen LogP contribution in [0.25, 0.3) is 0 Å². The third kappa shape index (κ3) is 4.94. The van der Waals surface area contributed by atoms with Gasteiger partial charge in [0, 0.05) is 6.61 Å². The Morgan fingerprint density at radius 2 is 2.12 bits per heavy atom. The molecule has 1 rings (SSSR count). The van der Waals surface area contributed by atoms with Crippen LogP contribution in [0, 0.1) is 11.8 Å². The van der Waals surface area contributed by atoms with E-state index < -0.39 is 5.54 Å². The van der Waals surface area contributed by atoms with Crippen LogP contribution < -0.4 is 5.73 Å². The Labute approximate surface area is 106 Å². The number of hydrogen-bond donors (Lipinski definition) is 2. The lowest BCUT2D eigenvalue weighted by Crippen LogP contribution is -2.50. The van der Waals surface area contributed by atoms with E-state index in [1.54, 1.807) is 0 Å². The van der Waals surface area contributed by atoms with E-state index in [-0.39, 0.29) is 6.61 Å². The van der Waals surface area contributed by atoms with Gasteiger partial charge in [-0.05, 0) is 31.1 Å². The monoisotopic (exact) mass is 243 g/mol. The molecule has 1 saturated carbocycles. The molecule has 0 heterocycles. The van der Waals surface area contributed by atoms with Crippen molar-refractivity contribution in [2.75, 3.05) is 19.8 Å². The minimum atomic E-state index is -0.483. The van der Waals surface area contributed by atoms with Gasteiger partial charge in [-0.25, -0.2) is 0 Å². The van der Waals surface area contributed by atoms with Gasteiger partial charge < -0.3 is 15.6 Å². The number of nitrogens with two attached hydrogens (primary N) is 1. The highest BCUT2D eigenvalue weighted by atomic mass is 16.5. The molecule has 2 unspecified atom stereocenters. The molecular weight excluding hydrogens is 214 g/mol. The summed E-state index contributed by atoms with van der Waals surface area (Å²) in [5.41, 5.74) is 5.67. The summed E-state index contributed by atoms with van der Waals surface area (Å²) in [6.45, 7) is 5.78. The fourth-order valence-corrected chi connectivity index (χ4v) is 2.26. The molecule has 3 nitrogen and oxygen atoms in total. The van der Waals surface area contributed by atoms with Crippen molar-refractivity contribution in [3.05, 3.63) is 0 Å². The largest absolute Gasteiger partial charge is 0.394 e. The molecule has 0 saturated heterocycles. The summed E-state index contributed by atoms with van der Waals surface area (Å²) in [6, 6.07) is 0. The Morgan fingerprint density at radius 1 is 1.41 bits per heavy atom. The van der Waals surface area contributed by atoms with Crippen molar-refractivity contribution in [1.82, 2.24) is 0 Å². The average Bonchev–Trinajstić information content (AvgIpc) is 3.17. The molecule has 0 aromatic heterocycles. The van der Waals surface area contributed by atoms with Crippen LogP contribution in [0.2, 0.25) is 0 Å². The van der Waals surface area contributed by atoms with Crippen LogP contribution >= 0.6 is 0 Å². The SMILES string of the molecule is CCCCC(CC)COCC(N)(CO)C1CC1. The fraction of sp³-hybridized carbons (Fsp3) is 1.00. The molecule has 17 heavy (non-hydrogen) atoms. The maximum Gasteiger partial charge on any atom is 0.0671 e. The van der Waals surface area contributed by atoms with Crippen molar-refractivity contribution in [2.24, 2.45) is 17.6 Å². The number of aliphatic hydroxyl groups excluding tert-OH is 1. The van der Waals surface area contributed by atoms with Gasteiger partial charge in [-0.1, -0.05) is 33.1 Å². The Balaban J connectivity index is 2.20. The molecule has 1 fully saturated rings. The molecule has 0 bridgehead atoms. The zero-order chi connectivity index (χ0) is 12.7. The molecule has 3 N–H and O–H groups in total.